The van der Waals surface area contributed by atoms with E-state index >= 15 is 0 Å². The molecule has 1 aromatic rings. The van der Waals surface area contributed by atoms with Crippen LogP contribution in [0.4, 0.5) is 0 Å². The number of ketones is 1. The van der Waals surface area contributed by atoms with Gasteiger partial charge in [0.05, 0.1) is 12.7 Å². The monoisotopic (exact) mass is 190 g/mol. The molecule has 1 aromatic carbocycles. The molecule has 0 saturated heterocycles. The normalized spacial score (nSPS) is 25.9. The molecule has 0 aromatic heterocycles. The molecule has 0 amide bonds. The number of hydrogen-bond donors (Lipinski definition) is 0. The van der Waals surface area contributed by atoms with Gasteiger partial charge in [-0.1, -0.05) is 37.3 Å². The van der Waals surface area contributed by atoms with Crippen molar-refractivity contribution in [3.05, 3.63) is 35.9 Å². The summed E-state index contributed by atoms with van der Waals surface area (Å²) in [6.07, 6.45) is 0.733. The summed E-state index contributed by atoms with van der Waals surface area (Å²) in [6.45, 7) is 2.55. The summed E-state index contributed by atoms with van der Waals surface area (Å²) >= 11 is 0. The second-order valence-corrected chi connectivity index (χ2v) is 3.79. The van der Waals surface area contributed by atoms with Gasteiger partial charge in [-0.25, -0.2) is 0 Å². The third-order valence-electron chi connectivity index (χ3n) is 2.77. The van der Waals surface area contributed by atoms with E-state index in [-0.39, 0.29) is 12.0 Å². The number of benzene rings is 1. The van der Waals surface area contributed by atoms with Crippen LogP contribution in [0, 0.1) is 5.92 Å². The first kappa shape index (κ1) is 9.41. The smallest absolute Gasteiger partial charge is 0.140 e. The van der Waals surface area contributed by atoms with Gasteiger partial charge in [-0.3, -0.25) is 4.79 Å². The van der Waals surface area contributed by atoms with Crippen LogP contribution in [0.1, 0.15) is 18.9 Å². The fourth-order valence-electron chi connectivity index (χ4n) is 1.59. The molecular formula is C12H14O2. The summed E-state index contributed by atoms with van der Waals surface area (Å²) in [5.74, 6) is 0.418. The molecule has 1 saturated carbocycles. The van der Waals surface area contributed by atoms with Crippen molar-refractivity contribution < 1.29 is 9.53 Å². The Kier molecular flexibility index (Phi) is 2.64. The Bertz CT molecular complexity index is 318. The van der Waals surface area contributed by atoms with E-state index in [4.69, 9.17) is 4.74 Å². The summed E-state index contributed by atoms with van der Waals surface area (Å²) < 4.78 is 5.63. The Labute approximate surface area is 83.9 Å². The van der Waals surface area contributed by atoms with Crippen LogP contribution in [0.25, 0.3) is 0 Å². The van der Waals surface area contributed by atoms with Gasteiger partial charge in [0.25, 0.3) is 0 Å². The summed E-state index contributed by atoms with van der Waals surface area (Å²) in [5.41, 5.74) is 1.17. The maximum Gasteiger partial charge on any atom is 0.140 e. The molecule has 1 fully saturated rings. The SMILES string of the molecule is C[C@@H]1C(=O)C[C@@H]1OCc1ccccc1. The van der Waals surface area contributed by atoms with E-state index < -0.39 is 0 Å². The van der Waals surface area contributed by atoms with Gasteiger partial charge in [0.2, 0.25) is 0 Å². The highest BCUT2D eigenvalue weighted by Crippen LogP contribution is 2.26. The van der Waals surface area contributed by atoms with Crippen LogP contribution in [-0.4, -0.2) is 11.9 Å². The third kappa shape index (κ3) is 1.85. The average molecular weight is 190 g/mol. The number of ether oxygens (including phenoxy) is 1. The molecule has 2 heteroatoms. The number of carbonyl (C=O) groups is 1. The Balaban J connectivity index is 1.81. The van der Waals surface area contributed by atoms with Crippen LogP contribution < -0.4 is 0 Å². The summed E-state index contributed by atoms with van der Waals surface area (Å²) in [4.78, 5) is 11.0. The molecule has 0 unspecified atom stereocenters. The van der Waals surface area contributed by atoms with E-state index in [0.717, 1.165) is 0 Å². The highest BCUT2D eigenvalue weighted by atomic mass is 16.5. The maximum atomic E-state index is 11.0. The van der Waals surface area contributed by atoms with Crippen molar-refractivity contribution in [3.63, 3.8) is 0 Å². The van der Waals surface area contributed by atoms with Crippen LogP contribution in [0.15, 0.2) is 30.3 Å². The molecule has 2 rings (SSSR count). The van der Waals surface area contributed by atoms with Crippen molar-refractivity contribution in [2.45, 2.75) is 26.1 Å². The lowest BCUT2D eigenvalue weighted by Crippen LogP contribution is -2.41. The molecule has 0 radical (unpaired) electrons. The fourth-order valence-corrected chi connectivity index (χ4v) is 1.59. The van der Waals surface area contributed by atoms with Crippen molar-refractivity contribution in [2.75, 3.05) is 0 Å². The largest absolute Gasteiger partial charge is 0.372 e. The van der Waals surface area contributed by atoms with E-state index in [1.807, 2.05) is 37.3 Å². The third-order valence-corrected chi connectivity index (χ3v) is 2.77. The maximum absolute atomic E-state index is 11.0. The zero-order chi connectivity index (χ0) is 9.97. The zero-order valence-corrected chi connectivity index (χ0v) is 8.27. The van der Waals surface area contributed by atoms with E-state index in [1.54, 1.807) is 0 Å². The standard InChI is InChI=1S/C12H14O2/c1-9-11(13)7-12(9)14-8-10-5-3-2-4-6-10/h2-6,9,12H,7-8H2,1H3/t9-,12+/m1/s1. The Morgan fingerprint density at radius 3 is 2.64 bits per heavy atom. The van der Waals surface area contributed by atoms with Gasteiger partial charge in [0.1, 0.15) is 5.78 Å². The zero-order valence-electron chi connectivity index (χ0n) is 8.27. The molecule has 0 N–H and O–H groups in total. The number of carbonyl (C=O) groups excluding carboxylic acids is 1. The van der Waals surface area contributed by atoms with Crippen LogP contribution in [-0.2, 0) is 16.1 Å². The Morgan fingerprint density at radius 2 is 2.07 bits per heavy atom. The van der Waals surface area contributed by atoms with Crippen molar-refractivity contribution >= 4 is 5.78 Å². The van der Waals surface area contributed by atoms with E-state index in [0.29, 0.717) is 18.8 Å². The molecule has 2 nitrogen and oxygen atoms in total. The average Bonchev–Trinajstić information content (AvgIpc) is 2.25. The fraction of sp³-hybridized carbons (Fsp3) is 0.417. The van der Waals surface area contributed by atoms with Gasteiger partial charge in [-0.05, 0) is 5.56 Å². The first-order valence-electron chi connectivity index (χ1n) is 4.95. The van der Waals surface area contributed by atoms with Crippen molar-refractivity contribution in [3.8, 4) is 0 Å². The molecule has 2 atom stereocenters. The van der Waals surface area contributed by atoms with Gasteiger partial charge >= 0.3 is 0 Å². The molecule has 0 spiro atoms. The number of Topliss-reactive ketones (excluding diaryl/α,β-unsaturated/α-hetero) is 1. The minimum absolute atomic E-state index is 0.0960. The van der Waals surface area contributed by atoms with Crippen LogP contribution in [0.3, 0.4) is 0 Å². The second kappa shape index (κ2) is 3.93. The lowest BCUT2D eigenvalue weighted by atomic mass is 9.82. The molecular weight excluding hydrogens is 176 g/mol. The molecule has 1 aliphatic carbocycles. The quantitative estimate of drug-likeness (QED) is 0.730. The molecule has 0 aliphatic heterocycles. The van der Waals surface area contributed by atoms with Gasteiger partial charge in [-0.15, -0.1) is 0 Å². The lowest BCUT2D eigenvalue weighted by Gasteiger charge is -2.31. The second-order valence-electron chi connectivity index (χ2n) is 3.79. The van der Waals surface area contributed by atoms with Gasteiger partial charge in [-0.2, -0.15) is 0 Å². The predicted molar refractivity (Wildman–Crippen MR) is 53.8 cm³/mol. The molecule has 0 bridgehead atoms. The summed E-state index contributed by atoms with van der Waals surface area (Å²) in [6, 6.07) is 10.0. The molecule has 14 heavy (non-hydrogen) atoms. The topological polar surface area (TPSA) is 26.3 Å². The van der Waals surface area contributed by atoms with Crippen molar-refractivity contribution in [1.82, 2.24) is 0 Å². The first-order valence-corrected chi connectivity index (χ1v) is 4.95. The number of hydrogen-bond acceptors (Lipinski definition) is 2. The van der Waals surface area contributed by atoms with Crippen molar-refractivity contribution in [2.24, 2.45) is 5.92 Å². The number of rotatable bonds is 3. The highest BCUT2D eigenvalue weighted by Gasteiger charge is 2.36. The van der Waals surface area contributed by atoms with Crippen LogP contribution in [0.2, 0.25) is 0 Å². The Hall–Kier alpha value is -1.15. The van der Waals surface area contributed by atoms with E-state index in [1.165, 1.54) is 5.56 Å². The van der Waals surface area contributed by atoms with E-state index in [2.05, 4.69) is 0 Å². The van der Waals surface area contributed by atoms with Crippen LogP contribution in [0.5, 0.6) is 0 Å². The summed E-state index contributed by atoms with van der Waals surface area (Å²) in [5, 5.41) is 0. The Morgan fingerprint density at radius 1 is 1.36 bits per heavy atom. The predicted octanol–water partition coefficient (Wildman–Crippen LogP) is 2.18. The molecule has 1 aliphatic rings. The molecule has 74 valence electrons. The van der Waals surface area contributed by atoms with E-state index in [9.17, 15) is 4.79 Å². The highest BCUT2D eigenvalue weighted by molar-refractivity contribution is 5.87. The summed E-state index contributed by atoms with van der Waals surface area (Å²) in [7, 11) is 0. The minimum atomic E-state index is 0.0960. The first-order chi connectivity index (χ1) is 6.77. The van der Waals surface area contributed by atoms with Crippen LogP contribution >= 0.6 is 0 Å². The minimum Gasteiger partial charge on any atom is -0.372 e. The van der Waals surface area contributed by atoms with Crippen molar-refractivity contribution in [1.29, 1.82) is 0 Å². The van der Waals surface area contributed by atoms with Gasteiger partial charge in [0.15, 0.2) is 0 Å². The lowest BCUT2D eigenvalue weighted by molar-refractivity contribution is -0.144. The van der Waals surface area contributed by atoms with Gasteiger partial charge in [0, 0.05) is 12.3 Å². The molecule has 0 heterocycles. The van der Waals surface area contributed by atoms with Gasteiger partial charge < -0.3 is 4.74 Å².